The molecule has 1 heterocycles. The van der Waals surface area contributed by atoms with E-state index in [1.54, 1.807) is 0 Å². The van der Waals surface area contributed by atoms with E-state index < -0.39 is 5.97 Å². The number of aliphatic carboxylic acids is 1. The van der Waals surface area contributed by atoms with Crippen LogP contribution in [0.1, 0.15) is 6.92 Å². The summed E-state index contributed by atoms with van der Waals surface area (Å²) in [5, 5.41) is 11.5. The van der Waals surface area contributed by atoms with Crippen LogP contribution in [0.3, 0.4) is 0 Å². The van der Waals surface area contributed by atoms with Gasteiger partial charge in [-0.3, -0.25) is 14.5 Å². The van der Waals surface area contributed by atoms with Crippen molar-refractivity contribution in [2.45, 2.75) is 6.92 Å². The molecule has 0 saturated carbocycles. The van der Waals surface area contributed by atoms with Gasteiger partial charge in [0.2, 0.25) is 5.91 Å². The van der Waals surface area contributed by atoms with Crippen LogP contribution in [0.25, 0.3) is 0 Å². The lowest BCUT2D eigenvalue weighted by Gasteiger charge is -2.13. The molecule has 1 amide bonds. The lowest BCUT2D eigenvalue weighted by Crippen LogP contribution is -2.36. The Labute approximate surface area is 94.8 Å². The molecule has 1 aliphatic rings. The Morgan fingerprint density at radius 1 is 1.56 bits per heavy atom. The molecule has 1 fully saturated rings. The van der Waals surface area contributed by atoms with Crippen LogP contribution >= 0.6 is 0 Å². The molecule has 0 aromatic heterocycles. The zero-order valence-corrected chi connectivity index (χ0v) is 9.27. The number of nitrogens with one attached hydrogen (secondary N) is 1. The highest BCUT2D eigenvalue weighted by atomic mass is 16.4. The number of carboxylic acids is 1. The molecule has 1 aliphatic heterocycles. The summed E-state index contributed by atoms with van der Waals surface area (Å²) < 4.78 is 0. The van der Waals surface area contributed by atoms with Gasteiger partial charge in [-0.25, -0.2) is 0 Å². The third kappa shape index (κ3) is 3.24. The smallest absolute Gasteiger partial charge is 0.308 e. The van der Waals surface area contributed by atoms with Crippen molar-refractivity contribution in [3.63, 3.8) is 0 Å². The highest BCUT2D eigenvalue weighted by molar-refractivity contribution is 5.78. The average Bonchev–Trinajstić information content (AvgIpc) is 2.56. The van der Waals surface area contributed by atoms with E-state index in [4.69, 9.17) is 11.5 Å². The fourth-order valence-corrected chi connectivity index (χ4v) is 1.93. The van der Waals surface area contributed by atoms with E-state index in [1.807, 2.05) is 11.8 Å². The van der Waals surface area contributed by atoms with Gasteiger partial charge in [0.05, 0.1) is 19.0 Å². The van der Waals surface area contributed by atoms with Gasteiger partial charge in [-0.05, 0) is 5.92 Å². The Kier molecular flexibility index (Phi) is 4.32. The van der Waals surface area contributed by atoms with Gasteiger partial charge in [0, 0.05) is 13.1 Å². The summed E-state index contributed by atoms with van der Waals surface area (Å²) >= 11 is 0. The molecule has 16 heavy (non-hydrogen) atoms. The molecule has 88 valence electrons. The van der Waals surface area contributed by atoms with Crippen LogP contribution in [0, 0.1) is 24.2 Å². The number of amides is 1. The summed E-state index contributed by atoms with van der Waals surface area (Å²) in [6, 6.07) is 0. The fourth-order valence-electron chi connectivity index (χ4n) is 1.93. The Morgan fingerprint density at radius 3 is 2.75 bits per heavy atom. The van der Waals surface area contributed by atoms with Crippen molar-refractivity contribution in [1.82, 2.24) is 10.2 Å². The number of carbonyl (C=O) groups is 2. The first-order valence-corrected chi connectivity index (χ1v) is 5.20. The first-order chi connectivity index (χ1) is 7.54. The average molecular weight is 224 g/mol. The van der Waals surface area contributed by atoms with Crippen molar-refractivity contribution in [1.29, 1.82) is 0 Å². The normalized spacial score (nSPS) is 25.0. The Morgan fingerprint density at radius 2 is 2.25 bits per heavy atom. The number of nitrogens with zero attached hydrogens (tertiary/aromatic N) is 1. The Hall–Kier alpha value is -1.54. The van der Waals surface area contributed by atoms with Crippen LogP contribution < -0.4 is 5.32 Å². The molecule has 0 aromatic rings. The van der Waals surface area contributed by atoms with Crippen LogP contribution in [0.15, 0.2) is 0 Å². The van der Waals surface area contributed by atoms with Crippen LogP contribution in [0.2, 0.25) is 0 Å². The number of carboxylic acid groups (broad SMARTS) is 1. The van der Waals surface area contributed by atoms with E-state index in [9.17, 15) is 9.59 Å². The van der Waals surface area contributed by atoms with E-state index in [2.05, 4.69) is 11.2 Å². The topological polar surface area (TPSA) is 69.6 Å². The molecule has 2 atom stereocenters. The lowest BCUT2D eigenvalue weighted by molar-refractivity contribution is -0.142. The van der Waals surface area contributed by atoms with Gasteiger partial charge in [-0.1, -0.05) is 12.8 Å². The predicted molar refractivity (Wildman–Crippen MR) is 58.6 cm³/mol. The summed E-state index contributed by atoms with van der Waals surface area (Å²) in [7, 11) is 0. The molecule has 1 rings (SSSR count). The van der Waals surface area contributed by atoms with E-state index in [0.717, 1.165) is 0 Å². The van der Waals surface area contributed by atoms with Crippen LogP contribution in [0.4, 0.5) is 0 Å². The molecule has 0 aromatic carbocycles. The van der Waals surface area contributed by atoms with E-state index >= 15 is 0 Å². The number of likely N-dealkylation sites (tertiary alicyclic amines) is 1. The maximum absolute atomic E-state index is 11.3. The van der Waals surface area contributed by atoms with E-state index in [0.29, 0.717) is 13.1 Å². The fraction of sp³-hybridized carbons (Fsp3) is 0.636. The van der Waals surface area contributed by atoms with Crippen molar-refractivity contribution in [3.8, 4) is 12.3 Å². The molecular weight excluding hydrogens is 208 g/mol. The van der Waals surface area contributed by atoms with Gasteiger partial charge in [-0.2, -0.15) is 0 Å². The summed E-state index contributed by atoms with van der Waals surface area (Å²) in [5.41, 5.74) is 0. The standard InChI is InChI=1S/C11H16N2O3/c1-3-4-12-10(14)7-13-5-8(2)9(6-13)11(15)16/h1,8-9H,4-7H2,2H3,(H,12,14)(H,15,16)/t8-,9-/m1/s1. The number of carbonyl (C=O) groups excluding carboxylic acids is 1. The monoisotopic (exact) mass is 224 g/mol. The minimum absolute atomic E-state index is 0.0814. The van der Waals surface area contributed by atoms with Gasteiger partial charge in [0.1, 0.15) is 0 Å². The zero-order chi connectivity index (χ0) is 12.1. The number of terminal acetylenes is 1. The largest absolute Gasteiger partial charge is 0.481 e. The Balaban J connectivity index is 2.39. The van der Waals surface area contributed by atoms with Crippen molar-refractivity contribution in [2.75, 3.05) is 26.2 Å². The summed E-state index contributed by atoms with van der Waals surface area (Å²) in [6.45, 7) is 3.39. The molecule has 0 aliphatic carbocycles. The minimum atomic E-state index is -0.793. The summed E-state index contributed by atoms with van der Waals surface area (Å²) in [6.07, 6.45) is 5.01. The van der Waals surface area contributed by atoms with Crippen LogP contribution in [-0.2, 0) is 9.59 Å². The molecule has 5 nitrogen and oxygen atoms in total. The van der Waals surface area contributed by atoms with Crippen molar-refractivity contribution < 1.29 is 14.7 Å². The molecule has 1 saturated heterocycles. The maximum Gasteiger partial charge on any atom is 0.308 e. The van der Waals surface area contributed by atoms with Crippen LogP contribution in [-0.4, -0.2) is 48.1 Å². The van der Waals surface area contributed by atoms with E-state index in [-0.39, 0.29) is 30.8 Å². The van der Waals surface area contributed by atoms with E-state index in [1.165, 1.54) is 0 Å². The third-order valence-corrected chi connectivity index (χ3v) is 2.76. The second kappa shape index (κ2) is 5.52. The quantitative estimate of drug-likeness (QED) is 0.625. The van der Waals surface area contributed by atoms with Gasteiger partial charge < -0.3 is 10.4 Å². The SMILES string of the molecule is C#CCNC(=O)CN1C[C@@H](C)[C@H](C(=O)O)C1. The molecule has 2 N–H and O–H groups in total. The second-order valence-electron chi connectivity index (χ2n) is 4.10. The lowest BCUT2D eigenvalue weighted by atomic mass is 9.99. The predicted octanol–water partition coefficient (Wildman–Crippen LogP) is -0.612. The first kappa shape index (κ1) is 12.5. The number of hydrogen-bond acceptors (Lipinski definition) is 3. The van der Waals surface area contributed by atoms with Crippen molar-refractivity contribution >= 4 is 11.9 Å². The summed E-state index contributed by atoms with van der Waals surface area (Å²) in [5.74, 6) is 1.07. The highest BCUT2D eigenvalue weighted by Crippen LogP contribution is 2.22. The van der Waals surface area contributed by atoms with Gasteiger partial charge >= 0.3 is 5.97 Å². The first-order valence-electron chi connectivity index (χ1n) is 5.20. The molecule has 5 heteroatoms. The summed E-state index contributed by atoms with van der Waals surface area (Å²) in [4.78, 5) is 24.0. The highest BCUT2D eigenvalue weighted by Gasteiger charge is 2.35. The number of rotatable bonds is 4. The molecule has 0 radical (unpaired) electrons. The zero-order valence-electron chi connectivity index (χ0n) is 9.27. The number of hydrogen-bond donors (Lipinski definition) is 2. The molecule has 0 bridgehead atoms. The van der Waals surface area contributed by atoms with Crippen molar-refractivity contribution in [2.24, 2.45) is 11.8 Å². The molecule has 0 spiro atoms. The maximum atomic E-state index is 11.3. The molecular formula is C11H16N2O3. The third-order valence-electron chi connectivity index (χ3n) is 2.76. The van der Waals surface area contributed by atoms with Crippen LogP contribution in [0.5, 0.6) is 0 Å². The Bertz CT molecular complexity index is 322. The molecule has 0 unspecified atom stereocenters. The minimum Gasteiger partial charge on any atom is -0.481 e. The second-order valence-corrected chi connectivity index (χ2v) is 4.10. The van der Waals surface area contributed by atoms with Gasteiger partial charge in [0.25, 0.3) is 0 Å². The van der Waals surface area contributed by atoms with Gasteiger partial charge in [-0.15, -0.1) is 6.42 Å². The van der Waals surface area contributed by atoms with Gasteiger partial charge in [0.15, 0.2) is 0 Å². The van der Waals surface area contributed by atoms with Crippen molar-refractivity contribution in [3.05, 3.63) is 0 Å².